The van der Waals surface area contributed by atoms with E-state index in [2.05, 4.69) is 4.98 Å². The molecule has 0 bridgehead atoms. The van der Waals surface area contributed by atoms with E-state index < -0.39 is 6.10 Å². The van der Waals surface area contributed by atoms with Gasteiger partial charge in [-0.2, -0.15) is 0 Å². The van der Waals surface area contributed by atoms with Gasteiger partial charge in [0.05, 0.1) is 19.3 Å². The van der Waals surface area contributed by atoms with E-state index in [9.17, 15) is 9.59 Å². The van der Waals surface area contributed by atoms with Crippen LogP contribution in [0, 0.1) is 0 Å². The van der Waals surface area contributed by atoms with E-state index >= 15 is 0 Å². The van der Waals surface area contributed by atoms with Crippen LogP contribution >= 0.6 is 0 Å². The maximum Gasteiger partial charge on any atom is 0.260 e. The third kappa shape index (κ3) is 4.92. The van der Waals surface area contributed by atoms with Crippen molar-refractivity contribution in [3.05, 3.63) is 60.4 Å². The number of benzene rings is 1. The zero-order chi connectivity index (χ0) is 22.3. The quantitative estimate of drug-likeness (QED) is 0.440. The molecule has 2 aromatic rings. The highest BCUT2D eigenvalue weighted by Crippen LogP contribution is 2.40. The number of pyridine rings is 1. The number of piperidine rings is 1. The maximum absolute atomic E-state index is 13.0. The van der Waals surface area contributed by atoms with Gasteiger partial charge in [-0.05, 0) is 42.7 Å². The average Bonchev–Trinajstić information content (AvgIpc) is 2.85. The first-order chi connectivity index (χ1) is 15.7. The minimum absolute atomic E-state index is 0.0000952. The summed E-state index contributed by atoms with van der Waals surface area (Å²) in [7, 11) is 1.61. The fourth-order valence-corrected chi connectivity index (χ4v) is 4.35. The molecule has 2 amide bonds. The van der Waals surface area contributed by atoms with Gasteiger partial charge in [0.25, 0.3) is 11.8 Å². The van der Waals surface area contributed by atoms with Crippen molar-refractivity contribution in [2.45, 2.75) is 31.0 Å². The molecule has 0 spiro atoms. The molecule has 8 nitrogen and oxygen atoms in total. The van der Waals surface area contributed by atoms with Gasteiger partial charge in [0.1, 0.15) is 5.75 Å². The van der Waals surface area contributed by atoms with Crippen molar-refractivity contribution in [3.63, 3.8) is 0 Å². The number of para-hydroxylation sites is 1. The zero-order valence-electron chi connectivity index (χ0n) is 18.3. The molecular weight excluding hydrogens is 410 g/mol. The molecular formula is C24H29N3O5. The predicted molar refractivity (Wildman–Crippen MR) is 117 cm³/mol. The van der Waals surface area contributed by atoms with Gasteiger partial charge in [-0.3, -0.25) is 14.6 Å². The molecule has 2 aliphatic heterocycles. The van der Waals surface area contributed by atoms with Crippen molar-refractivity contribution in [1.29, 1.82) is 0 Å². The third-order valence-electron chi connectivity index (χ3n) is 6.03. The van der Waals surface area contributed by atoms with Crippen molar-refractivity contribution in [3.8, 4) is 5.75 Å². The molecule has 2 saturated heterocycles. The molecule has 2 atom stereocenters. The van der Waals surface area contributed by atoms with Crippen molar-refractivity contribution in [2.24, 2.45) is 0 Å². The van der Waals surface area contributed by atoms with Gasteiger partial charge in [0, 0.05) is 38.6 Å². The summed E-state index contributed by atoms with van der Waals surface area (Å²) in [6, 6.07) is 13.1. The molecule has 1 aromatic heterocycles. The van der Waals surface area contributed by atoms with Crippen LogP contribution in [0.4, 0.5) is 0 Å². The lowest BCUT2D eigenvalue weighted by Crippen LogP contribution is -2.65. The van der Waals surface area contributed by atoms with Gasteiger partial charge in [-0.25, -0.2) is 0 Å². The smallest absolute Gasteiger partial charge is 0.260 e. The number of hydrogen-bond donors (Lipinski definition) is 0. The molecule has 8 heteroatoms. The molecule has 2 fully saturated rings. The Kier molecular flexibility index (Phi) is 7.34. The largest absolute Gasteiger partial charge is 0.484 e. The van der Waals surface area contributed by atoms with Crippen LogP contribution in [0.3, 0.4) is 0 Å². The monoisotopic (exact) mass is 439 g/mol. The summed E-state index contributed by atoms with van der Waals surface area (Å²) >= 11 is 0. The van der Waals surface area contributed by atoms with Crippen molar-refractivity contribution in [2.75, 3.05) is 40.0 Å². The summed E-state index contributed by atoms with van der Waals surface area (Å²) in [5, 5.41) is 0. The first kappa shape index (κ1) is 22.2. The second-order valence-electron chi connectivity index (χ2n) is 7.97. The number of ether oxygens (including phenoxy) is 3. The van der Waals surface area contributed by atoms with Gasteiger partial charge < -0.3 is 24.0 Å². The minimum atomic E-state index is -0.508. The SMILES string of the molecule is COCCO[C@H]1C(=O)N(C2CCN(C(=O)COc3ccccc3)CC2)[C@H]1c1ccncc1. The van der Waals surface area contributed by atoms with Crippen LogP contribution in [-0.4, -0.2) is 78.8 Å². The second-order valence-corrected chi connectivity index (χ2v) is 7.97. The highest BCUT2D eigenvalue weighted by Gasteiger charge is 2.52. The van der Waals surface area contributed by atoms with Gasteiger partial charge in [0.15, 0.2) is 12.7 Å². The number of amides is 2. The maximum atomic E-state index is 13.0. The van der Waals surface area contributed by atoms with Crippen LogP contribution in [0.2, 0.25) is 0 Å². The normalized spacial score (nSPS) is 21.3. The standard InChI is InChI=1S/C24H29N3O5/c1-30-15-16-31-23-22(18-7-11-25-12-8-18)27(24(23)29)19-9-13-26(14-10-19)21(28)17-32-20-5-3-2-4-6-20/h2-8,11-12,19,22-23H,9-10,13-17H2,1H3/t22-,23+/m0/s1. The minimum Gasteiger partial charge on any atom is -0.484 e. The van der Waals surface area contributed by atoms with Gasteiger partial charge in [-0.15, -0.1) is 0 Å². The van der Waals surface area contributed by atoms with E-state index in [4.69, 9.17) is 14.2 Å². The Balaban J connectivity index is 1.34. The predicted octanol–water partition coefficient (Wildman–Crippen LogP) is 2.07. The third-order valence-corrected chi connectivity index (χ3v) is 6.03. The van der Waals surface area contributed by atoms with E-state index in [0.29, 0.717) is 32.1 Å². The number of carbonyl (C=O) groups is 2. The van der Waals surface area contributed by atoms with E-state index in [1.165, 1.54) is 0 Å². The van der Waals surface area contributed by atoms with Crippen LogP contribution in [0.15, 0.2) is 54.9 Å². The Morgan fingerprint density at radius 2 is 1.78 bits per heavy atom. The molecule has 32 heavy (non-hydrogen) atoms. The second kappa shape index (κ2) is 10.6. The van der Waals surface area contributed by atoms with E-state index in [1.54, 1.807) is 19.5 Å². The average molecular weight is 440 g/mol. The number of nitrogens with zero attached hydrogens (tertiary/aromatic N) is 3. The lowest BCUT2D eigenvalue weighted by atomic mass is 9.86. The summed E-state index contributed by atoms with van der Waals surface area (Å²) in [6.45, 7) is 2.04. The lowest BCUT2D eigenvalue weighted by molar-refractivity contribution is -0.184. The van der Waals surface area contributed by atoms with Crippen LogP contribution in [0.5, 0.6) is 5.75 Å². The van der Waals surface area contributed by atoms with Gasteiger partial charge in [-0.1, -0.05) is 18.2 Å². The topological polar surface area (TPSA) is 81.2 Å². The van der Waals surface area contributed by atoms with E-state index in [0.717, 1.165) is 18.4 Å². The molecule has 0 N–H and O–H groups in total. The highest BCUT2D eigenvalue weighted by molar-refractivity contribution is 5.89. The molecule has 0 unspecified atom stereocenters. The Hall–Kier alpha value is -2.97. The molecule has 4 rings (SSSR count). The molecule has 170 valence electrons. The first-order valence-corrected chi connectivity index (χ1v) is 11.0. The molecule has 3 heterocycles. The van der Waals surface area contributed by atoms with Crippen LogP contribution in [0.25, 0.3) is 0 Å². The summed E-state index contributed by atoms with van der Waals surface area (Å²) in [4.78, 5) is 33.4. The number of methoxy groups -OCH3 is 1. The Morgan fingerprint density at radius 1 is 1.06 bits per heavy atom. The zero-order valence-corrected chi connectivity index (χ0v) is 18.3. The fraction of sp³-hybridized carbons (Fsp3) is 0.458. The van der Waals surface area contributed by atoms with Crippen LogP contribution in [-0.2, 0) is 19.1 Å². The number of hydrogen-bond acceptors (Lipinski definition) is 6. The molecule has 0 saturated carbocycles. The van der Waals surface area contributed by atoms with E-state index in [1.807, 2.05) is 52.3 Å². The molecule has 0 aliphatic carbocycles. The molecule has 1 aromatic carbocycles. The fourth-order valence-electron chi connectivity index (χ4n) is 4.35. The molecule has 2 aliphatic rings. The summed E-state index contributed by atoms with van der Waals surface area (Å²) in [5.74, 6) is 0.649. The Labute approximate surface area is 188 Å². The number of rotatable bonds is 9. The Morgan fingerprint density at radius 3 is 2.47 bits per heavy atom. The van der Waals surface area contributed by atoms with Gasteiger partial charge in [0.2, 0.25) is 0 Å². The number of aromatic nitrogens is 1. The van der Waals surface area contributed by atoms with Gasteiger partial charge >= 0.3 is 0 Å². The summed E-state index contributed by atoms with van der Waals surface area (Å²) < 4.78 is 16.5. The number of likely N-dealkylation sites (tertiary alicyclic amines) is 2. The first-order valence-electron chi connectivity index (χ1n) is 11.0. The molecule has 0 radical (unpaired) electrons. The van der Waals surface area contributed by atoms with Crippen molar-refractivity contribution >= 4 is 11.8 Å². The number of carbonyl (C=O) groups excluding carboxylic acids is 2. The lowest BCUT2D eigenvalue weighted by Gasteiger charge is -2.52. The van der Waals surface area contributed by atoms with Crippen molar-refractivity contribution in [1.82, 2.24) is 14.8 Å². The van der Waals surface area contributed by atoms with Crippen LogP contribution < -0.4 is 4.74 Å². The van der Waals surface area contributed by atoms with E-state index in [-0.39, 0.29) is 30.5 Å². The van der Waals surface area contributed by atoms with Crippen molar-refractivity contribution < 1.29 is 23.8 Å². The number of β-lactam (4-membered cyclic amide) rings is 1. The summed E-state index contributed by atoms with van der Waals surface area (Å²) in [5.41, 5.74) is 1.01. The highest BCUT2D eigenvalue weighted by atomic mass is 16.5. The Bertz CT molecular complexity index is 887. The van der Waals surface area contributed by atoms with Crippen LogP contribution in [0.1, 0.15) is 24.4 Å². The summed E-state index contributed by atoms with van der Waals surface area (Å²) in [6.07, 6.45) is 4.42.